The van der Waals surface area contributed by atoms with Crippen LogP contribution in [0.2, 0.25) is 0 Å². The summed E-state index contributed by atoms with van der Waals surface area (Å²) in [6.07, 6.45) is 2.94. The van der Waals surface area contributed by atoms with E-state index in [0.717, 1.165) is 0 Å². The molecular formula is C7H6ClN3O. The Labute approximate surface area is 74.0 Å². The van der Waals surface area contributed by atoms with Crippen molar-refractivity contribution in [2.24, 2.45) is 0 Å². The van der Waals surface area contributed by atoms with Crippen LogP contribution in [0, 0.1) is 11.3 Å². The molecule has 0 bridgehead atoms. The van der Waals surface area contributed by atoms with Crippen molar-refractivity contribution in [3.63, 3.8) is 0 Å². The number of hydrogen-bond donors (Lipinski definition) is 0. The third-order valence-electron chi connectivity index (χ3n) is 1.28. The van der Waals surface area contributed by atoms with Crippen molar-refractivity contribution in [1.82, 2.24) is 9.55 Å². The van der Waals surface area contributed by atoms with Gasteiger partial charge in [-0.3, -0.25) is 4.57 Å². The maximum atomic E-state index is 11.0. The maximum Gasteiger partial charge on any atom is 0.347 e. The number of nitriles is 1. The quantitative estimate of drug-likeness (QED) is 0.623. The summed E-state index contributed by atoms with van der Waals surface area (Å²) in [6, 6.07) is 3.43. The molecule has 0 spiro atoms. The number of nitrogens with zero attached hydrogens (tertiary/aromatic N) is 3. The van der Waals surface area contributed by atoms with Crippen LogP contribution in [0.1, 0.15) is 0 Å². The molecule has 0 saturated heterocycles. The zero-order valence-corrected chi connectivity index (χ0v) is 6.90. The van der Waals surface area contributed by atoms with Crippen LogP contribution in [0.5, 0.6) is 0 Å². The molecule has 0 saturated carbocycles. The number of alkyl halides is 1. The normalized spacial score (nSPS) is 12.0. The molecule has 62 valence electrons. The topological polar surface area (TPSA) is 58.7 Å². The molecule has 1 aromatic rings. The van der Waals surface area contributed by atoms with Crippen LogP contribution in [0.4, 0.5) is 0 Å². The van der Waals surface area contributed by atoms with Crippen LogP contribution in [-0.2, 0) is 6.54 Å². The second-order valence-electron chi connectivity index (χ2n) is 2.15. The third kappa shape index (κ3) is 2.07. The fourth-order valence-electron chi connectivity index (χ4n) is 0.740. The van der Waals surface area contributed by atoms with Crippen LogP contribution >= 0.6 is 11.6 Å². The zero-order chi connectivity index (χ0) is 8.97. The van der Waals surface area contributed by atoms with Gasteiger partial charge in [-0.15, -0.1) is 11.6 Å². The summed E-state index contributed by atoms with van der Waals surface area (Å²) >= 11 is 5.52. The summed E-state index contributed by atoms with van der Waals surface area (Å²) in [5.74, 6) is 0. The van der Waals surface area contributed by atoms with Gasteiger partial charge < -0.3 is 0 Å². The van der Waals surface area contributed by atoms with Crippen molar-refractivity contribution in [2.75, 3.05) is 0 Å². The second-order valence-corrected chi connectivity index (χ2v) is 2.68. The lowest BCUT2D eigenvalue weighted by atomic mass is 10.4. The van der Waals surface area contributed by atoms with E-state index in [1.807, 2.05) is 6.07 Å². The van der Waals surface area contributed by atoms with Gasteiger partial charge in [0.25, 0.3) is 0 Å². The van der Waals surface area contributed by atoms with E-state index in [-0.39, 0.29) is 6.54 Å². The molecular weight excluding hydrogens is 178 g/mol. The Morgan fingerprint density at radius 1 is 1.83 bits per heavy atom. The summed E-state index contributed by atoms with van der Waals surface area (Å²) < 4.78 is 1.29. The molecule has 1 aromatic heterocycles. The van der Waals surface area contributed by atoms with E-state index in [1.165, 1.54) is 10.8 Å². The maximum absolute atomic E-state index is 11.0. The van der Waals surface area contributed by atoms with Crippen molar-refractivity contribution in [3.05, 3.63) is 28.9 Å². The average molecular weight is 184 g/mol. The van der Waals surface area contributed by atoms with Crippen molar-refractivity contribution in [3.8, 4) is 6.07 Å². The van der Waals surface area contributed by atoms with Gasteiger partial charge in [-0.2, -0.15) is 5.26 Å². The van der Waals surface area contributed by atoms with E-state index in [2.05, 4.69) is 4.98 Å². The summed E-state index contributed by atoms with van der Waals surface area (Å²) in [6.45, 7) is 0.171. The van der Waals surface area contributed by atoms with Crippen molar-refractivity contribution < 1.29 is 0 Å². The van der Waals surface area contributed by atoms with Crippen molar-refractivity contribution in [2.45, 2.75) is 11.9 Å². The van der Waals surface area contributed by atoms with E-state index < -0.39 is 11.1 Å². The Kier molecular flexibility index (Phi) is 2.83. The predicted molar refractivity (Wildman–Crippen MR) is 43.8 cm³/mol. The monoisotopic (exact) mass is 183 g/mol. The highest BCUT2D eigenvalue weighted by Gasteiger charge is 2.03. The Morgan fingerprint density at radius 2 is 2.58 bits per heavy atom. The molecule has 1 heterocycles. The number of halogens is 1. The molecule has 1 rings (SSSR count). The Bertz CT molecular complexity index is 354. The van der Waals surface area contributed by atoms with Gasteiger partial charge in [0, 0.05) is 12.4 Å². The standard InChI is InChI=1S/C7H6ClN3O/c8-6(4-9)5-11-3-1-2-10-7(11)12/h1-3,6H,5H2. The van der Waals surface area contributed by atoms with Crippen molar-refractivity contribution >= 4 is 11.6 Å². The first-order valence-corrected chi connectivity index (χ1v) is 3.73. The smallest absolute Gasteiger partial charge is 0.297 e. The minimum Gasteiger partial charge on any atom is -0.297 e. The fraction of sp³-hybridized carbons (Fsp3) is 0.286. The van der Waals surface area contributed by atoms with E-state index in [9.17, 15) is 4.79 Å². The molecule has 0 aromatic carbocycles. The van der Waals surface area contributed by atoms with Gasteiger partial charge >= 0.3 is 5.69 Å². The summed E-state index contributed by atoms with van der Waals surface area (Å²) in [4.78, 5) is 14.5. The molecule has 0 aliphatic carbocycles. The predicted octanol–water partition coefficient (Wildman–Crippen LogP) is 0.374. The lowest BCUT2D eigenvalue weighted by Crippen LogP contribution is -2.24. The lowest BCUT2D eigenvalue weighted by Gasteiger charge is -2.02. The molecule has 0 fully saturated rings. The van der Waals surface area contributed by atoms with E-state index in [0.29, 0.717) is 0 Å². The average Bonchev–Trinajstić information content (AvgIpc) is 2.09. The molecule has 0 aliphatic rings. The molecule has 0 aliphatic heterocycles. The largest absolute Gasteiger partial charge is 0.347 e. The molecule has 0 N–H and O–H groups in total. The zero-order valence-electron chi connectivity index (χ0n) is 6.14. The summed E-state index contributed by atoms with van der Waals surface area (Å²) in [5, 5.41) is 7.68. The van der Waals surface area contributed by atoms with Gasteiger partial charge in [0.1, 0.15) is 5.38 Å². The van der Waals surface area contributed by atoms with Gasteiger partial charge in [0.2, 0.25) is 0 Å². The van der Waals surface area contributed by atoms with Gasteiger partial charge in [-0.05, 0) is 6.07 Å². The molecule has 0 amide bonds. The van der Waals surface area contributed by atoms with Crippen LogP contribution in [0.3, 0.4) is 0 Å². The summed E-state index contributed by atoms with van der Waals surface area (Å²) in [7, 11) is 0. The highest BCUT2D eigenvalue weighted by molar-refractivity contribution is 6.22. The minimum atomic E-state index is -0.688. The van der Waals surface area contributed by atoms with Gasteiger partial charge in [0.15, 0.2) is 0 Å². The Balaban J connectivity index is 2.85. The van der Waals surface area contributed by atoms with Gasteiger partial charge in [-0.1, -0.05) is 0 Å². The number of hydrogen-bond acceptors (Lipinski definition) is 3. The minimum absolute atomic E-state index is 0.171. The highest BCUT2D eigenvalue weighted by atomic mass is 35.5. The van der Waals surface area contributed by atoms with Crippen LogP contribution in [0.15, 0.2) is 23.3 Å². The Morgan fingerprint density at radius 3 is 3.17 bits per heavy atom. The van der Waals surface area contributed by atoms with Crippen LogP contribution in [0.25, 0.3) is 0 Å². The first-order valence-electron chi connectivity index (χ1n) is 3.29. The first-order chi connectivity index (χ1) is 5.74. The van der Waals surface area contributed by atoms with Crippen molar-refractivity contribution in [1.29, 1.82) is 5.26 Å². The van der Waals surface area contributed by atoms with E-state index >= 15 is 0 Å². The highest BCUT2D eigenvalue weighted by Crippen LogP contribution is 1.95. The second kappa shape index (κ2) is 3.88. The molecule has 0 radical (unpaired) electrons. The lowest BCUT2D eigenvalue weighted by molar-refractivity contribution is 0.668. The van der Waals surface area contributed by atoms with E-state index in [1.54, 1.807) is 12.3 Å². The molecule has 1 atom stereocenters. The SMILES string of the molecule is N#CC(Cl)Cn1cccnc1=O. The number of aromatic nitrogens is 2. The van der Waals surface area contributed by atoms with Crippen LogP contribution < -0.4 is 5.69 Å². The van der Waals surface area contributed by atoms with Crippen LogP contribution in [-0.4, -0.2) is 14.9 Å². The third-order valence-corrected chi connectivity index (χ3v) is 1.52. The van der Waals surface area contributed by atoms with E-state index in [4.69, 9.17) is 16.9 Å². The molecule has 5 heteroatoms. The Hall–Kier alpha value is -1.34. The molecule has 12 heavy (non-hydrogen) atoms. The first kappa shape index (κ1) is 8.75. The van der Waals surface area contributed by atoms with Gasteiger partial charge in [0.05, 0.1) is 12.6 Å². The fourth-order valence-corrected chi connectivity index (χ4v) is 0.888. The number of rotatable bonds is 2. The molecule has 4 nitrogen and oxygen atoms in total. The van der Waals surface area contributed by atoms with Gasteiger partial charge in [-0.25, -0.2) is 9.78 Å². The molecule has 1 unspecified atom stereocenters. The summed E-state index contributed by atoms with van der Waals surface area (Å²) in [5.41, 5.74) is -0.390.